The normalized spacial score (nSPS) is 13.6. The first-order chi connectivity index (χ1) is 13.7. The molecule has 2 heterocycles. The van der Waals surface area contributed by atoms with E-state index in [1.165, 1.54) is 29.7 Å². The van der Waals surface area contributed by atoms with E-state index in [0.717, 1.165) is 28.2 Å². The van der Waals surface area contributed by atoms with Crippen LogP contribution in [-0.4, -0.2) is 20.2 Å². The maximum Gasteiger partial charge on any atom is 0.229 e. The predicted molar refractivity (Wildman–Crippen MR) is 113 cm³/mol. The number of aromatic amines is 1. The zero-order chi connectivity index (χ0) is 19.1. The maximum atomic E-state index is 4.73. The number of hydrogen-bond acceptors (Lipinski definition) is 5. The highest BCUT2D eigenvalue weighted by atomic mass is 15.2. The molecule has 28 heavy (non-hydrogen) atoms. The molecule has 6 nitrogen and oxygen atoms in total. The van der Waals surface area contributed by atoms with Crippen LogP contribution < -0.4 is 10.6 Å². The van der Waals surface area contributed by atoms with Crippen molar-refractivity contribution in [2.24, 2.45) is 0 Å². The Kier molecular flexibility index (Phi) is 3.97. The molecule has 0 bridgehead atoms. The Balaban J connectivity index is 1.50. The minimum absolute atomic E-state index is 0.558. The van der Waals surface area contributed by atoms with Gasteiger partial charge in [-0.15, -0.1) is 0 Å². The van der Waals surface area contributed by atoms with Crippen molar-refractivity contribution in [2.75, 3.05) is 10.6 Å². The van der Waals surface area contributed by atoms with E-state index in [4.69, 9.17) is 4.98 Å². The third-order valence-corrected chi connectivity index (χ3v) is 5.23. The summed E-state index contributed by atoms with van der Waals surface area (Å²) in [5, 5.41) is 15.2. The number of nitrogens with one attached hydrogen (secondary N) is 3. The molecule has 0 spiro atoms. The molecule has 1 saturated carbocycles. The fourth-order valence-electron chi connectivity index (χ4n) is 3.30. The van der Waals surface area contributed by atoms with E-state index in [9.17, 15) is 0 Å². The van der Waals surface area contributed by atoms with Crippen molar-refractivity contribution in [1.29, 1.82) is 0 Å². The van der Waals surface area contributed by atoms with Gasteiger partial charge in [0.15, 0.2) is 5.82 Å². The fraction of sp³-hybridized carbons (Fsp3) is 0.227. The van der Waals surface area contributed by atoms with Gasteiger partial charge in [-0.2, -0.15) is 10.1 Å². The van der Waals surface area contributed by atoms with E-state index >= 15 is 0 Å². The van der Waals surface area contributed by atoms with Crippen molar-refractivity contribution in [3.63, 3.8) is 0 Å². The number of para-hydroxylation sites is 1. The summed E-state index contributed by atoms with van der Waals surface area (Å²) in [5.74, 6) is 2.71. The van der Waals surface area contributed by atoms with E-state index in [1.54, 1.807) is 0 Å². The zero-order valence-corrected chi connectivity index (χ0v) is 16.0. The summed E-state index contributed by atoms with van der Waals surface area (Å²) in [7, 11) is 0. The maximum absolute atomic E-state index is 4.73. The highest BCUT2D eigenvalue weighted by molar-refractivity contribution is 5.91. The highest BCUT2D eigenvalue weighted by Crippen LogP contribution is 2.39. The number of fused-ring (bicyclic) bond motifs is 1. The third-order valence-electron chi connectivity index (χ3n) is 5.23. The number of aryl methyl sites for hydroxylation is 2. The van der Waals surface area contributed by atoms with Gasteiger partial charge in [0.25, 0.3) is 0 Å². The molecule has 0 unspecified atom stereocenters. The second-order valence-electron chi connectivity index (χ2n) is 7.44. The summed E-state index contributed by atoms with van der Waals surface area (Å²) in [5.41, 5.74) is 5.53. The zero-order valence-electron chi connectivity index (χ0n) is 16.0. The van der Waals surface area contributed by atoms with Crippen molar-refractivity contribution in [1.82, 2.24) is 20.2 Å². The summed E-state index contributed by atoms with van der Waals surface area (Å²) >= 11 is 0. The molecule has 140 valence electrons. The van der Waals surface area contributed by atoms with Gasteiger partial charge in [0.2, 0.25) is 5.95 Å². The molecule has 5 rings (SSSR count). The van der Waals surface area contributed by atoms with Crippen LogP contribution in [0, 0.1) is 13.8 Å². The first-order valence-electron chi connectivity index (χ1n) is 9.59. The Bertz CT molecular complexity index is 1160. The van der Waals surface area contributed by atoms with E-state index in [1.807, 2.05) is 30.3 Å². The van der Waals surface area contributed by atoms with Crippen molar-refractivity contribution in [3.8, 4) is 0 Å². The minimum Gasteiger partial charge on any atom is -0.324 e. The Morgan fingerprint density at radius 2 is 1.79 bits per heavy atom. The molecule has 0 aliphatic heterocycles. The van der Waals surface area contributed by atoms with Crippen LogP contribution in [-0.2, 0) is 0 Å². The van der Waals surface area contributed by atoms with Crippen LogP contribution in [0.2, 0.25) is 0 Å². The van der Waals surface area contributed by atoms with Gasteiger partial charge in [0.1, 0.15) is 5.82 Å². The molecular weight excluding hydrogens is 348 g/mol. The lowest BCUT2D eigenvalue weighted by molar-refractivity contribution is 0.966. The third kappa shape index (κ3) is 3.29. The van der Waals surface area contributed by atoms with Crippen LogP contribution in [0.5, 0.6) is 0 Å². The second-order valence-corrected chi connectivity index (χ2v) is 7.44. The monoisotopic (exact) mass is 370 g/mol. The summed E-state index contributed by atoms with van der Waals surface area (Å²) in [6, 6.07) is 16.3. The molecule has 1 aliphatic rings. The number of hydrogen-bond donors (Lipinski definition) is 3. The lowest BCUT2D eigenvalue weighted by atomic mass is 10.1. The topological polar surface area (TPSA) is 78.5 Å². The smallest absolute Gasteiger partial charge is 0.229 e. The van der Waals surface area contributed by atoms with Crippen LogP contribution in [0.15, 0.2) is 48.5 Å². The van der Waals surface area contributed by atoms with Gasteiger partial charge in [-0.05, 0) is 62.1 Å². The Labute approximate surface area is 163 Å². The fourth-order valence-corrected chi connectivity index (χ4v) is 3.30. The Morgan fingerprint density at radius 1 is 0.929 bits per heavy atom. The molecule has 4 aromatic rings. The van der Waals surface area contributed by atoms with E-state index in [0.29, 0.717) is 11.9 Å². The molecule has 2 aromatic carbocycles. The molecule has 1 aliphatic carbocycles. The number of rotatable bonds is 5. The molecule has 6 heteroatoms. The number of benzene rings is 2. The SMILES string of the molecule is Cc1ccc(Nc2nc(Nc3cc(C4CC4)[nH]n3)c3ccccc3n2)cc1C. The summed E-state index contributed by atoms with van der Waals surface area (Å²) in [6.45, 7) is 4.21. The van der Waals surface area contributed by atoms with Crippen molar-refractivity contribution >= 4 is 34.2 Å². The second kappa shape index (κ2) is 6.64. The molecule has 0 saturated heterocycles. The largest absolute Gasteiger partial charge is 0.324 e. The van der Waals surface area contributed by atoms with Gasteiger partial charge in [0.05, 0.1) is 5.52 Å². The van der Waals surface area contributed by atoms with Crippen LogP contribution in [0.25, 0.3) is 10.9 Å². The Hall–Kier alpha value is -3.41. The average molecular weight is 370 g/mol. The molecule has 0 atom stereocenters. The molecular formula is C22H22N6. The van der Waals surface area contributed by atoms with Crippen LogP contribution in [0.3, 0.4) is 0 Å². The molecule has 1 fully saturated rings. The quantitative estimate of drug-likeness (QED) is 0.442. The Morgan fingerprint density at radius 3 is 2.61 bits per heavy atom. The van der Waals surface area contributed by atoms with Gasteiger partial charge in [-0.25, -0.2) is 4.98 Å². The first kappa shape index (κ1) is 16.7. The summed E-state index contributed by atoms with van der Waals surface area (Å²) < 4.78 is 0. The minimum atomic E-state index is 0.558. The molecule has 0 amide bonds. The number of anilines is 4. The number of aromatic nitrogens is 4. The standard InChI is InChI=1S/C22H22N6/c1-13-7-10-16(11-14(13)2)23-22-24-18-6-4-3-5-17(18)21(26-22)25-20-12-19(27-28-20)15-8-9-15/h3-7,10-12,15H,8-9H2,1-2H3,(H3,23,24,25,26,27,28). The van der Waals surface area contributed by atoms with Gasteiger partial charge in [-0.1, -0.05) is 18.2 Å². The van der Waals surface area contributed by atoms with Gasteiger partial charge < -0.3 is 10.6 Å². The lowest BCUT2D eigenvalue weighted by Crippen LogP contribution is -2.02. The van der Waals surface area contributed by atoms with Gasteiger partial charge in [0, 0.05) is 28.8 Å². The van der Waals surface area contributed by atoms with E-state index in [-0.39, 0.29) is 0 Å². The average Bonchev–Trinajstić information content (AvgIpc) is 3.44. The van der Waals surface area contributed by atoms with Crippen LogP contribution in [0.4, 0.5) is 23.3 Å². The van der Waals surface area contributed by atoms with E-state index < -0.39 is 0 Å². The molecule has 3 N–H and O–H groups in total. The lowest BCUT2D eigenvalue weighted by Gasteiger charge is -2.11. The van der Waals surface area contributed by atoms with Crippen LogP contribution in [0.1, 0.15) is 35.6 Å². The molecule has 2 aromatic heterocycles. The number of H-pyrrole nitrogens is 1. The van der Waals surface area contributed by atoms with Crippen LogP contribution >= 0.6 is 0 Å². The summed E-state index contributed by atoms with van der Waals surface area (Å²) in [6.07, 6.45) is 2.48. The first-order valence-corrected chi connectivity index (χ1v) is 9.59. The summed E-state index contributed by atoms with van der Waals surface area (Å²) in [4.78, 5) is 9.40. The van der Waals surface area contributed by atoms with Crippen molar-refractivity contribution in [2.45, 2.75) is 32.6 Å². The predicted octanol–water partition coefficient (Wildman–Crippen LogP) is 5.33. The van der Waals surface area contributed by atoms with Crippen molar-refractivity contribution < 1.29 is 0 Å². The van der Waals surface area contributed by atoms with Gasteiger partial charge >= 0.3 is 0 Å². The molecule has 0 radical (unpaired) electrons. The van der Waals surface area contributed by atoms with Crippen molar-refractivity contribution in [3.05, 3.63) is 65.4 Å². The van der Waals surface area contributed by atoms with E-state index in [2.05, 4.69) is 57.9 Å². The highest BCUT2D eigenvalue weighted by Gasteiger charge is 2.25. The number of nitrogens with zero attached hydrogens (tertiary/aromatic N) is 3. The van der Waals surface area contributed by atoms with Gasteiger partial charge in [-0.3, -0.25) is 5.10 Å².